The number of allylic oxidation sites excluding steroid dienone is 1. The molecule has 6 nitrogen and oxygen atoms in total. The molecule has 9 heteroatoms. The Morgan fingerprint density at radius 2 is 1.54 bits per heavy atom. The molecule has 0 unspecified atom stereocenters. The summed E-state index contributed by atoms with van der Waals surface area (Å²) in [4.78, 5) is 25.3. The Labute approximate surface area is 196 Å². The van der Waals surface area contributed by atoms with Crippen molar-refractivity contribution >= 4 is 17.8 Å². The predicted molar refractivity (Wildman–Crippen MR) is 115 cm³/mol. The average Bonchev–Trinajstić information content (AvgIpc) is 3.16. The first-order valence-corrected chi connectivity index (χ1v) is 10.7. The third-order valence-corrected chi connectivity index (χ3v) is 6.05. The van der Waals surface area contributed by atoms with Crippen LogP contribution >= 0.6 is 0 Å². The van der Waals surface area contributed by atoms with Crippen LogP contribution in [-0.2, 0) is 4.79 Å². The van der Waals surface area contributed by atoms with Crippen LogP contribution in [0, 0.1) is 17.5 Å². The van der Waals surface area contributed by atoms with E-state index in [4.69, 9.17) is 18.9 Å². The van der Waals surface area contributed by atoms with Gasteiger partial charge in [-0.05, 0) is 53.6 Å². The number of benzene rings is 3. The van der Waals surface area contributed by atoms with Crippen LogP contribution in [0.2, 0.25) is 0 Å². The third-order valence-electron chi connectivity index (χ3n) is 6.05. The lowest BCUT2D eigenvalue weighted by Crippen LogP contribution is -2.22. The number of ketones is 1. The molecule has 1 atom stereocenters. The van der Waals surface area contributed by atoms with Crippen molar-refractivity contribution in [2.75, 3.05) is 13.2 Å². The summed E-state index contributed by atoms with van der Waals surface area (Å²) in [6.07, 6.45) is 1.26. The van der Waals surface area contributed by atoms with Crippen molar-refractivity contribution in [1.29, 1.82) is 0 Å². The van der Waals surface area contributed by atoms with Gasteiger partial charge in [0.25, 0.3) is 0 Å². The zero-order valence-corrected chi connectivity index (χ0v) is 17.9. The molecule has 0 bridgehead atoms. The summed E-state index contributed by atoms with van der Waals surface area (Å²) in [5.74, 6) is -4.97. The molecule has 3 heterocycles. The Morgan fingerprint density at radius 1 is 0.829 bits per heavy atom. The lowest BCUT2D eigenvalue weighted by atomic mass is 9.84. The standard InChI is InChI=1S/C26H15F3O6/c27-16-9-13(10-17(28)24(16)29)15-11-22(30)34-19-4-2-14-25(31)21(35-26(14)23(15)19)8-12-1-3-18-20(7-12)33-6-5-32-18/h1-4,7-10,15H,5-6,11H2/b21-8-/t15-/m0/s1. The molecular weight excluding hydrogens is 465 g/mol. The van der Waals surface area contributed by atoms with Gasteiger partial charge < -0.3 is 18.9 Å². The van der Waals surface area contributed by atoms with Gasteiger partial charge in [-0.2, -0.15) is 0 Å². The summed E-state index contributed by atoms with van der Waals surface area (Å²) in [5.41, 5.74) is 1.14. The number of Topliss-reactive ketones (excluding diaryl/α,β-unsaturated/α-hetero) is 1. The maximum atomic E-state index is 14.0. The van der Waals surface area contributed by atoms with Crippen LogP contribution in [-0.4, -0.2) is 25.0 Å². The average molecular weight is 480 g/mol. The number of rotatable bonds is 2. The SMILES string of the molecule is O=C1C[C@@H](c2cc(F)c(F)c(F)c2)c2c(ccc3c2O/C(=C\c2ccc4c(c2)OCCO4)C3=O)O1. The highest BCUT2D eigenvalue weighted by atomic mass is 19.2. The van der Waals surface area contributed by atoms with Crippen LogP contribution in [0.5, 0.6) is 23.0 Å². The van der Waals surface area contributed by atoms with Crippen molar-refractivity contribution in [3.05, 3.63) is 87.9 Å². The van der Waals surface area contributed by atoms with E-state index in [-0.39, 0.29) is 40.4 Å². The van der Waals surface area contributed by atoms with E-state index in [2.05, 4.69) is 0 Å². The largest absolute Gasteiger partial charge is 0.486 e. The topological polar surface area (TPSA) is 71.1 Å². The zero-order valence-electron chi connectivity index (χ0n) is 17.9. The van der Waals surface area contributed by atoms with Gasteiger partial charge in [0.15, 0.2) is 34.7 Å². The molecule has 3 aliphatic heterocycles. The Kier molecular flexibility index (Phi) is 4.80. The summed E-state index contributed by atoms with van der Waals surface area (Å²) >= 11 is 0. The number of ether oxygens (including phenoxy) is 4. The number of carbonyl (C=O) groups is 2. The van der Waals surface area contributed by atoms with Crippen molar-refractivity contribution in [3.8, 4) is 23.0 Å². The number of halogens is 3. The maximum Gasteiger partial charge on any atom is 0.312 e. The van der Waals surface area contributed by atoms with Crippen LogP contribution in [0.4, 0.5) is 13.2 Å². The van der Waals surface area contributed by atoms with Crippen molar-refractivity contribution < 1.29 is 41.7 Å². The third kappa shape index (κ3) is 3.51. The van der Waals surface area contributed by atoms with Gasteiger partial charge in [0.05, 0.1) is 12.0 Å². The number of hydrogen-bond acceptors (Lipinski definition) is 6. The van der Waals surface area contributed by atoms with Crippen molar-refractivity contribution in [1.82, 2.24) is 0 Å². The second kappa shape index (κ2) is 7.90. The van der Waals surface area contributed by atoms with Gasteiger partial charge in [-0.25, -0.2) is 13.2 Å². The van der Waals surface area contributed by atoms with E-state index >= 15 is 0 Å². The molecule has 176 valence electrons. The smallest absolute Gasteiger partial charge is 0.312 e. The van der Waals surface area contributed by atoms with E-state index in [0.717, 1.165) is 12.1 Å². The molecule has 0 aromatic heterocycles. The first-order valence-electron chi connectivity index (χ1n) is 10.7. The van der Waals surface area contributed by atoms with Gasteiger partial charge in [0.1, 0.15) is 24.7 Å². The molecule has 3 aromatic carbocycles. The molecule has 0 spiro atoms. The van der Waals surface area contributed by atoms with Crippen molar-refractivity contribution in [3.63, 3.8) is 0 Å². The number of carbonyl (C=O) groups excluding carboxylic acids is 2. The quantitative estimate of drug-likeness (QED) is 0.224. The summed E-state index contributed by atoms with van der Waals surface area (Å²) in [6, 6.07) is 9.73. The summed E-state index contributed by atoms with van der Waals surface area (Å²) < 4.78 is 63.8. The highest BCUT2D eigenvalue weighted by molar-refractivity contribution is 6.15. The second-order valence-electron chi connectivity index (χ2n) is 8.23. The molecule has 3 aromatic rings. The lowest BCUT2D eigenvalue weighted by molar-refractivity contribution is -0.135. The minimum atomic E-state index is -1.61. The molecule has 0 aliphatic carbocycles. The van der Waals surface area contributed by atoms with E-state index < -0.39 is 35.1 Å². The van der Waals surface area contributed by atoms with Gasteiger partial charge >= 0.3 is 5.97 Å². The van der Waals surface area contributed by atoms with Crippen LogP contribution in [0.15, 0.2) is 48.2 Å². The Morgan fingerprint density at radius 3 is 2.31 bits per heavy atom. The monoisotopic (exact) mass is 480 g/mol. The molecule has 6 rings (SSSR count). The molecule has 0 N–H and O–H groups in total. The Balaban J connectivity index is 1.43. The summed E-state index contributed by atoms with van der Waals surface area (Å²) in [5, 5.41) is 0. The molecule has 0 saturated heterocycles. The molecule has 3 aliphatic rings. The molecule has 35 heavy (non-hydrogen) atoms. The first kappa shape index (κ1) is 21.3. The second-order valence-corrected chi connectivity index (χ2v) is 8.23. The fourth-order valence-corrected chi connectivity index (χ4v) is 4.47. The van der Waals surface area contributed by atoms with Gasteiger partial charge in [-0.3, -0.25) is 9.59 Å². The lowest BCUT2D eigenvalue weighted by Gasteiger charge is -2.26. The van der Waals surface area contributed by atoms with Crippen LogP contribution in [0.25, 0.3) is 6.08 Å². The van der Waals surface area contributed by atoms with Crippen LogP contribution < -0.4 is 18.9 Å². The fourth-order valence-electron chi connectivity index (χ4n) is 4.47. The summed E-state index contributed by atoms with van der Waals surface area (Å²) in [6.45, 7) is 0.855. The van der Waals surface area contributed by atoms with Gasteiger partial charge in [0, 0.05) is 11.5 Å². The highest BCUT2D eigenvalue weighted by Crippen LogP contribution is 2.49. The molecule has 0 radical (unpaired) electrons. The van der Waals surface area contributed by atoms with Gasteiger partial charge in [-0.1, -0.05) is 6.07 Å². The van der Waals surface area contributed by atoms with Crippen LogP contribution in [0.3, 0.4) is 0 Å². The Hall–Kier alpha value is -4.27. The summed E-state index contributed by atoms with van der Waals surface area (Å²) in [7, 11) is 0. The van der Waals surface area contributed by atoms with E-state index in [1.165, 1.54) is 18.2 Å². The number of esters is 1. The van der Waals surface area contributed by atoms with Crippen molar-refractivity contribution in [2.24, 2.45) is 0 Å². The predicted octanol–water partition coefficient (Wildman–Crippen LogP) is 4.93. The van der Waals surface area contributed by atoms with Gasteiger partial charge in [0.2, 0.25) is 5.78 Å². The first-order chi connectivity index (χ1) is 16.9. The molecular formula is C26H15F3O6. The Bertz CT molecular complexity index is 1440. The minimum Gasteiger partial charge on any atom is -0.486 e. The van der Waals surface area contributed by atoms with E-state index in [1.54, 1.807) is 18.2 Å². The number of fused-ring (bicyclic) bond motifs is 4. The van der Waals surface area contributed by atoms with E-state index in [1.807, 2.05) is 0 Å². The normalized spacial score (nSPS) is 19.2. The van der Waals surface area contributed by atoms with Gasteiger partial charge in [-0.15, -0.1) is 0 Å². The fraction of sp³-hybridized carbons (Fsp3) is 0.154. The number of hydrogen-bond donors (Lipinski definition) is 0. The molecule has 0 fully saturated rings. The highest BCUT2D eigenvalue weighted by Gasteiger charge is 2.39. The van der Waals surface area contributed by atoms with Crippen molar-refractivity contribution in [2.45, 2.75) is 12.3 Å². The van der Waals surface area contributed by atoms with E-state index in [0.29, 0.717) is 30.3 Å². The molecule has 0 amide bonds. The van der Waals surface area contributed by atoms with Crippen LogP contribution in [0.1, 0.15) is 39.4 Å². The minimum absolute atomic E-state index is 0.0113. The maximum absolute atomic E-state index is 14.0. The zero-order chi connectivity index (χ0) is 24.3. The van der Waals surface area contributed by atoms with E-state index in [9.17, 15) is 22.8 Å². The molecule has 0 saturated carbocycles.